The fraction of sp³-hybridized carbons (Fsp3) is 0.533. The Morgan fingerprint density at radius 1 is 1.38 bits per heavy atom. The van der Waals surface area contributed by atoms with Crippen LogP contribution in [-0.2, 0) is 14.2 Å². The number of fused-ring (bicyclic) bond motifs is 1. The molecule has 2 aromatic rings. The van der Waals surface area contributed by atoms with Crippen molar-refractivity contribution in [3.8, 4) is 0 Å². The van der Waals surface area contributed by atoms with Gasteiger partial charge in [-0.2, -0.15) is 4.39 Å². The summed E-state index contributed by atoms with van der Waals surface area (Å²) in [5.74, 6) is -2.09. The van der Waals surface area contributed by atoms with Crippen LogP contribution < -0.4 is 5.32 Å². The first-order chi connectivity index (χ1) is 11.5. The molecule has 0 spiro atoms. The predicted molar refractivity (Wildman–Crippen MR) is 79.5 cm³/mol. The number of aromatic nitrogens is 1. The van der Waals surface area contributed by atoms with Crippen LogP contribution in [0, 0.1) is 11.6 Å². The molecule has 1 fully saturated rings. The average molecular weight is 344 g/mol. The monoisotopic (exact) mass is 344 g/mol. The molecule has 24 heavy (non-hydrogen) atoms. The van der Waals surface area contributed by atoms with Gasteiger partial charge in [0.15, 0.2) is 17.9 Å². The molecule has 2 heterocycles. The van der Waals surface area contributed by atoms with Crippen molar-refractivity contribution in [2.24, 2.45) is 0 Å². The Hall–Kier alpha value is -1.81. The van der Waals surface area contributed by atoms with Gasteiger partial charge >= 0.3 is 0 Å². The van der Waals surface area contributed by atoms with E-state index in [1.54, 1.807) is 6.92 Å². The van der Waals surface area contributed by atoms with Crippen molar-refractivity contribution in [3.05, 3.63) is 23.3 Å². The Bertz CT molecular complexity index is 715. The molecule has 9 heteroatoms. The highest BCUT2D eigenvalue weighted by atomic mass is 19.2. The zero-order valence-corrected chi connectivity index (χ0v) is 13.2. The highest BCUT2D eigenvalue weighted by Crippen LogP contribution is 2.34. The summed E-state index contributed by atoms with van der Waals surface area (Å²) in [6, 6.07) is 0.868. The van der Waals surface area contributed by atoms with Crippen LogP contribution in [0.3, 0.4) is 0 Å². The van der Waals surface area contributed by atoms with E-state index in [0.717, 1.165) is 0 Å². The van der Waals surface area contributed by atoms with Gasteiger partial charge in [-0.05, 0) is 13.0 Å². The molecule has 2 atom stereocenters. The molecule has 0 aliphatic carbocycles. The minimum atomic E-state index is -1.16. The molecule has 1 saturated heterocycles. The lowest BCUT2D eigenvalue weighted by Crippen LogP contribution is -2.35. The Morgan fingerprint density at radius 3 is 2.71 bits per heavy atom. The van der Waals surface area contributed by atoms with E-state index in [2.05, 4.69) is 10.5 Å². The van der Waals surface area contributed by atoms with E-state index in [1.807, 2.05) is 0 Å². The Kier molecular flexibility index (Phi) is 4.95. The largest absolute Gasteiger partial charge is 0.391 e. The third kappa shape index (κ3) is 3.07. The molecule has 0 saturated carbocycles. The van der Waals surface area contributed by atoms with Gasteiger partial charge in [-0.1, -0.05) is 5.16 Å². The lowest BCUT2D eigenvalue weighted by molar-refractivity contribution is -0.0467. The van der Waals surface area contributed by atoms with E-state index >= 15 is 0 Å². The molecule has 0 bridgehead atoms. The van der Waals surface area contributed by atoms with E-state index < -0.39 is 30.1 Å². The van der Waals surface area contributed by atoms with Crippen molar-refractivity contribution in [1.82, 2.24) is 5.16 Å². The number of ether oxygens (including phenoxy) is 3. The minimum absolute atomic E-state index is 0.0657. The number of aliphatic hydroxyl groups excluding tert-OH is 1. The molecular formula is C15H18F2N2O5. The number of benzene rings is 1. The van der Waals surface area contributed by atoms with Crippen LogP contribution in [0.5, 0.6) is 0 Å². The quantitative estimate of drug-likeness (QED) is 0.828. The Morgan fingerprint density at radius 2 is 2.08 bits per heavy atom. The predicted octanol–water partition coefficient (Wildman–Crippen LogP) is 1.96. The van der Waals surface area contributed by atoms with E-state index in [-0.39, 0.29) is 29.0 Å². The zero-order valence-electron chi connectivity index (χ0n) is 13.2. The van der Waals surface area contributed by atoms with Crippen LogP contribution >= 0.6 is 0 Å². The first-order valence-electron chi connectivity index (χ1n) is 7.47. The summed E-state index contributed by atoms with van der Waals surface area (Å²) in [6.45, 7) is 2.37. The summed E-state index contributed by atoms with van der Waals surface area (Å²) in [5, 5.41) is 16.6. The van der Waals surface area contributed by atoms with Crippen LogP contribution in [0.1, 0.15) is 18.8 Å². The summed E-state index contributed by atoms with van der Waals surface area (Å²) in [7, 11) is 1.49. The molecule has 1 aromatic heterocycles. The SMILES string of the molecule is COCC(Nc1noc2c(F)c(F)c(C3OCCO3)cc12)C(C)O. The number of methoxy groups -OCH3 is 1. The van der Waals surface area contributed by atoms with Crippen LogP contribution in [0.2, 0.25) is 0 Å². The molecule has 0 radical (unpaired) electrons. The van der Waals surface area contributed by atoms with Crippen molar-refractivity contribution in [2.45, 2.75) is 25.4 Å². The van der Waals surface area contributed by atoms with Crippen LogP contribution in [0.4, 0.5) is 14.6 Å². The van der Waals surface area contributed by atoms with Crippen molar-refractivity contribution >= 4 is 16.8 Å². The van der Waals surface area contributed by atoms with Crippen molar-refractivity contribution in [2.75, 3.05) is 32.2 Å². The number of rotatable bonds is 6. The van der Waals surface area contributed by atoms with Gasteiger partial charge in [0.1, 0.15) is 0 Å². The highest BCUT2D eigenvalue weighted by molar-refractivity contribution is 5.89. The standard InChI is InChI=1S/C15H18F2N2O5/c1-7(20)10(6-21-2)18-14-9-5-8(15-22-3-4-23-15)11(16)12(17)13(9)24-19-14/h5,7,10,15,20H,3-4,6H2,1-2H3,(H,18,19). The van der Waals surface area contributed by atoms with Crippen molar-refractivity contribution in [3.63, 3.8) is 0 Å². The lowest BCUT2D eigenvalue weighted by Gasteiger charge is -2.20. The lowest BCUT2D eigenvalue weighted by atomic mass is 10.1. The van der Waals surface area contributed by atoms with Gasteiger partial charge in [0.05, 0.1) is 37.4 Å². The van der Waals surface area contributed by atoms with Gasteiger partial charge < -0.3 is 29.2 Å². The number of hydrogen-bond acceptors (Lipinski definition) is 7. The van der Waals surface area contributed by atoms with Crippen molar-refractivity contribution < 1.29 is 32.6 Å². The molecule has 1 aromatic carbocycles. The third-order valence-corrected chi connectivity index (χ3v) is 3.80. The number of nitrogens with zero attached hydrogens (tertiary/aromatic N) is 1. The summed E-state index contributed by atoms with van der Waals surface area (Å²) in [5.41, 5.74) is -0.386. The number of aliphatic hydroxyl groups is 1. The molecular weight excluding hydrogens is 326 g/mol. The summed E-state index contributed by atoms with van der Waals surface area (Å²) >= 11 is 0. The van der Waals surface area contributed by atoms with Gasteiger partial charge in [0, 0.05) is 12.7 Å². The van der Waals surface area contributed by atoms with Crippen LogP contribution in [0.15, 0.2) is 10.6 Å². The summed E-state index contributed by atoms with van der Waals surface area (Å²) < 4.78 is 48.8. The normalized spacial score (nSPS) is 18.2. The van der Waals surface area contributed by atoms with Crippen LogP contribution in [0.25, 0.3) is 11.0 Å². The second kappa shape index (κ2) is 6.98. The Balaban J connectivity index is 2.00. The number of nitrogens with one attached hydrogen (secondary N) is 1. The second-order valence-corrected chi connectivity index (χ2v) is 5.52. The summed E-state index contributed by atoms with van der Waals surface area (Å²) in [6.07, 6.45) is -1.74. The third-order valence-electron chi connectivity index (χ3n) is 3.80. The smallest absolute Gasteiger partial charge is 0.207 e. The molecule has 2 N–H and O–H groups in total. The van der Waals surface area contributed by atoms with Gasteiger partial charge in [-0.15, -0.1) is 0 Å². The maximum absolute atomic E-state index is 14.2. The highest BCUT2D eigenvalue weighted by Gasteiger charge is 2.29. The van der Waals surface area contributed by atoms with Crippen LogP contribution in [-0.4, -0.2) is 49.3 Å². The van der Waals surface area contributed by atoms with E-state index in [1.165, 1.54) is 13.2 Å². The van der Waals surface area contributed by atoms with Gasteiger partial charge in [-0.25, -0.2) is 4.39 Å². The molecule has 0 amide bonds. The molecule has 7 nitrogen and oxygen atoms in total. The fourth-order valence-electron chi connectivity index (χ4n) is 2.50. The minimum Gasteiger partial charge on any atom is -0.391 e. The second-order valence-electron chi connectivity index (χ2n) is 5.52. The fourth-order valence-corrected chi connectivity index (χ4v) is 2.50. The maximum Gasteiger partial charge on any atom is 0.207 e. The Labute approximate surface area is 136 Å². The van der Waals surface area contributed by atoms with Gasteiger partial charge in [0.25, 0.3) is 0 Å². The van der Waals surface area contributed by atoms with E-state index in [9.17, 15) is 13.9 Å². The summed E-state index contributed by atoms with van der Waals surface area (Å²) in [4.78, 5) is 0. The van der Waals surface area contributed by atoms with E-state index in [4.69, 9.17) is 18.7 Å². The molecule has 1 aliphatic rings. The maximum atomic E-state index is 14.2. The number of hydrogen-bond donors (Lipinski definition) is 2. The molecule has 1 aliphatic heterocycles. The average Bonchev–Trinajstić information content (AvgIpc) is 3.20. The first kappa shape index (κ1) is 17.0. The molecule has 2 unspecified atom stereocenters. The zero-order chi connectivity index (χ0) is 17.3. The van der Waals surface area contributed by atoms with Crippen molar-refractivity contribution in [1.29, 1.82) is 0 Å². The molecule has 132 valence electrons. The first-order valence-corrected chi connectivity index (χ1v) is 7.47. The van der Waals surface area contributed by atoms with Gasteiger partial charge in [-0.3, -0.25) is 0 Å². The van der Waals surface area contributed by atoms with Gasteiger partial charge in [0.2, 0.25) is 11.4 Å². The molecule has 3 rings (SSSR count). The topological polar surface area (TPSA) is 86.0 Å². The van der Waals surface area contributed by atoms with E-state index in [0.29, 0.717) is 13.2 Å². The number of halogens is 2. The number of anilines is 1.